The summed E-state index contributed by atoms with van der Waals surface area (Å²) < 4.78 is 5.09. The maximum Gasteiger partial charge on any atom is 0.315 e. The van der Waals surface area contributed by atoms with Gasteiger partial charge in [0.05, 0.1) is 12.1 Å². The van der Waals surface area contributed by atoms with E-state index < -0.39 is 0 Å². The first-order chi connectivity index (χ1) is 8.95. The van der Waals surface area contributed by atoms with E-state index in [1.165, 1.54) is 16.7 Å². The van der Waals surface area contributed by atoms with Gasteiger partial charge in [-0.25, -0.2) is 4.79 Å². The van der Waals surface area contributed by atoms with Crippen LogP contribution in [-0.4, -0.2) is 25.8 Å². The fourth-order valence-electron chi connectivity index (χ4n) is 2.15. The van der Waals surface area contributed by atoms with Crippen LogP contribution < -0.4 is 10.6 Å². The Kier molecular flexibility index (Phi) is 5.83. The first kappa shape index (κ1) is 15.5. The fourth-order valence-corrected chi connectivity index (χ4v) is 2.15. The fraction of sp³-hybridized carbons (Fsp3) is 0.533. The molecule has 19 heavy (non-hydrogen) atoms. The Hall–Kier alpha value is -1.55. The van der Waals surface area contributed by atoms with E-state index in [9.17, 15) is 4.79 Å². The number of ether oxygens (including phenoxy) is 1. The average Bonchev–Trinajstić information content (AvgIpc) is 2.35. The molecule has 2 N–H and O–H groups in total. The molecule has 0 saturated heterocycles. The van der Waals surface area contributed by atoms with Gasteiger partial charge >= 0.3 is 6.03 Å². The molecule has 1 aromatic rings. The third kappa shape index (κ3) is 4.56. The van der Waals surface area contributed by atoms with Crippen molar-refractivity contribution >= 4 is 6.03 Å². The molecule has 0 fully saturated rings. The SMILES string of the molecule is CO[C@H](C)CNC(=O)N[C@@H](C)c1c(C)cccc1C. The molecular weight excluding hydrogens is 240 g/mol. The monoisotopic (exact) mass is 264 g/mol. The molecule has 0 aliphatic heterocycles. The summed E-state index contributed by atoms with van der Waals surface area (Å²) in [6.45, 7) is 8.53. The lowest BCUT2D eigenvalue weighted by atomic mass is 9.97. The van der Waals surface area contributed by atoms with Crippen LogP contribution in [0.25, 0.3) is 0 Å². The molecule has 1 rings (SSSR count). The number of aryl methyl sites for hydroxylation is 2. The van der Waals surface area contributed by atoms with Crippen molar-refractivity contribution in [1.82, 2.24) is 10.6 Å². The standard InChI is InChI=1S/C15H24N2O2/c1-10-7-6-8-11(2)14(10)13(4)17-15(18)16-9-12(3)19-5/h6-8,12-13H,9H2,1-5H3,(H2,16,17,18)/t12-,13+/m1/s1. The number of benzene rings is 1. The Morgan fingerprint density at radius 3 is 2.37 bits per heavy atom. The van der Waals surface area contributed by atoms with Crippen molar-refractivity contribution < 1.29 is 9.53 Å². The minimum Gasteiger partial charge on any atom is -0.380 e. The quantitative estimate of drug-likeness (QED) is 0.859. The second-order valence-electron chi connectivity index (χ2n) is 4.93. The smallest absolute Gasteiger partial charge is 0.315 e. The number of hydrogen-bond acceptors (Lipinski definition) is 2. The molecule has 2 amide bonds. The molecule has 4 heteroatoms. The first-order valence-electron chi connectivity index (χ1n) is 6.59. The van der Waals surface area contributed by atoms with Gasteiger partial charge in [-0.15, -0.1) is 0 Å². The lowest BCUT2D eigenvalue weighted by Crippen LogP contribution is -2.40. The maximum atomic E-state index is 11.8. The Balaban J connectivity index is 2.59. The molecule has 106 valence electrons. The number of nitrogens with one attached hydrogen (secondary N) is 2. The average molecular weight is 264 g/mol. The van der Waals surface area contributed by atoms with E-state index in [4.69, 9.17) is 4.74 Å². The zero-order chi connectivity index (χ0) is 14.4. The van der Waals surface area contributed by atoms with Crippen LogP contribution in [0.3, 0.4) is 0 Å². The van der Waals surface area contributed by atoms with Crippen LogP contribution in [0.15, 0.2) is 18.2 Å². The summed E-state index contributed by atoms with van der Waals surface area (Å²) in [5.41, 5.74) is 3.56. The van der Waals surface area contributed by atoms with Gasteiger partial charge in [-0.3, -0.25) is 0 Å². The van der Waals surface area contributed by atoms with Gasteiger partial charge in [0.2, 0.25) is 0 Å². The molecule has 0 heterocycles. The number of methoxy groups -OCH3 is 1. The van der Waals surface area contributed by atoms with E-state index in [1.54, 1.807) is 7.11 Å². The maximum absolute atomic E-state index is 11.8. The van der Waals surface area contributed by atoms with E-state index in [-0.39, 0.29) is 18.2 Å². The second-order valence-corrected chi connectivity index (χ2v) is 4.93. The Labute approximate surface area is 115 Å². The molecule has 0 radical (unpaired) electrons. The summed E-state index contributed by atoms with van der Waals surface area (Å²) in [5.74, 6) is 0. The topological polar surface area (TPSA) is 50.4 Å². The van der Waals surface area contributed by atoms with Crippen molar-refractivity contribution in [2.45, 2.75) is 39.8 Å². The van der Waals surface area contributed by atoms with Crippen LogP contribution in [0.5, 0.6) is 0 Å². The zero-order valence-corrected chi connectivity index (χ0v) is 12.4. The van der Waals surface area contributed by atoms with Gasteiger partial charge < -0.3 is 15.4 Å². The molecule has 4 nitrogen and oxygen atoms in total. The molecule has 0 spiro atoms. The van der Waals surface area contributed by atoms with Gasteiger partial charge in [-0.05, 0) is 44.4 Å². The van der Waals surface area contributed by atoms with E-state index in [0.717, 1.165) is 0 Å². The van der Waals surface area contributed by atoms with Gasteiger partial charge in [0.15, 0.2) is 0 Å². The number of hydrogen-bond donors (Lipinski definition) is 2. The summed E-state index contributed by atoms with van der Waals surface area (Å²) in [4.78, 5) is 11.8. The Morgan fingerprint density at radius 2 is 1.84 bits per heavy atom. The summed E-state index contributed by atoms with van der Waals surface area (Å²) in [6.07, 6.45) is 0.0150. The third-order valence-corrected chi connectivity index (χ3v) is 3.28. The van der Waals surface area contributed by atoms with Crippen molar-refractivity contribution in [3.05, 3.63) is 34.9 Å². The molecule has 0 aromatic heterocycles. The highest BCUT2D eigenvalue weighted by atomic mass is 16.5. The molecular formula is C15H24N2O2. The highest BCUT2D eigenvalue weighted by Gasteiger charge is 2.13. The number of rotatable bonds is 5. The molecule has 0 unspecified atom stereocenters. The highest BCUT2D eigenvalue weighted by Crippen LogP contribution is 2.21. The van der Waals surface area contributed by atoms with Crippen molar-refractivity contribution in [2.24, 2.45) is 0 Å². The summed E-state index contributed by atoms with van der Waals surface area (Å²) >= 11 is 0. The molecule has 2 atom stereocenters. The van der Waals surface area contributed by atoms with Crippen LogP contribution in [0.2, 0.25) is 0 Å². The molecule has 1 aromatic carbocycles. The summed E-state index contributed by atoms with van der Waals surface area (Å²) in [7, 11) is 1.63. The molecule has 0 bridgehead atoms. The third-order valence-electron chi connectivity index (χ3n) is 3.28. The van der Waals surface area contributed by atoms with Crippen LogP contribution in [0, 0.1) is 13.8 Å². The first-order valence-corrected chi connectivity index (χ1v) is 6.59. The molecule has 0 aliphatic rings. The van der Waals surface area contributed by atoms with E-state index >= 15 is 0 Å². The number of amides is 2. The van der Waals surface area contributed by atoms with Gasteiger partial charge in [-0.2, -0.15) is 0 Å². The van der Waals surface area contributed by atoms with Gasteiger partial charge in [-0.1, -0.05) is 18.2 Å². The number of carbonyl (C=O) groups is 1. The van der Waals surface area contributed by atoms with Crippen molar-refractivity contribution in [2.75, 3.05) is 13.7 Å². The van der Waals surface area contributed by atoms with Gasteiger partial charge in [0.1, 0.15) is 0 Å². The summed E-state index contributed by atoms with van der Waals surface area (Å²) in [5, 5.41) is 5.75. The van der Waals surface area contributed by atoms with Crippen molar-refractivity contribution in [1.29, 1.82) is 0 Å². The highest BCUT2D eigenvalue weighted by molar-refractivity contribution is 5.74. The largest absolute Gasteiger partial charge is 0.380 e. The van der Waals surface area contributed by atoms with Crippen molar-refractivity contribution in [3.63, 3.8) is 0 Å². The number of urea groups is 1. The van der Waals surface area contributed by atoms with E-state index in [1.807, 2.05) is 19.9 Å². The van der Waals surface area contributed by atoms with Crippen LogP contribution >= 0.6 is 0 Å². The van der Waals surface area contributed by atoms with E-state index in [0.29, 0.717) is 6.54 Å². The minimum atomic E-state index is -0.168. The van der Waals surface area contributed by atoms with Crippen LogP contribution in [-0.2, 0) is 4.74 Å². The zero-order valence-electron chi connectivity index (χ0n) is 12.4. The predicted molar refractivity (Wildman–Crippen MR) is 77.3 cm³/mol. The second kappa shape index (κ2) is 7.14. The summed E-state index contributed by atoms with van der Waals surface area (Å²) in [6, 6.07) is 5.97. The molecule has 0 aliphatic carbocycles. The Morgan fingerprint density at radius 1 is 1.26 bits per heavy atom. The molecule has 0 saturated carbocycles. The normalized spacial score (nSPS) is 13.7. The van der Waals surface area contributed by atoms with Crippen molar-refractivity contribution in [3.8, 4) is 0 Å². The van der Waals surface area contributed by atoms with Crippen LogP contribution in [0.1, 0.15) is 36.6 Å². The van der Waals surface area contributed by atoms with Crippen LogP contribution in [0.4, 0.5) is 4.79 Å². The van der Waals surface area contributed by atoms with Gasteiger partial charge in [0, 0.05) is 13.7 Å². The lowest BCUT2D eigenvalue weighted by molar-refractivity contribution is 0.118. The lowest BCUT2D eigenvalue weighted by Gasteiger charge is -2.20. The van der Waals surface area contributed by atoms with E-state index in [2.05, 4.69) is 36.6 Å². The predicted octanol–water partition coefficient (Wildman–Crippen LogP) is 2.70. The Bertz CT molecular complexity index is 412. The minimum absolute atomic E-state index is 0.0148. The number of carbonyl (C=O) groups excluding carboxylic acids is 1. The van der Waals surface area contributed by atoms with Gasteiger partial charge in [0.25, 0.3) is 0 Å².